The number of anilines is 1. The molecule has 0 saturated carbocycles. The van der Waals surface area contributed by atoms with Crippen LogP contribution in [0.3, 0.4) is 0 Å². The first-order valence-corrected chi connectivity index (χ1v) is 6.59. The SMILES string of the molecule is NCc1ccccc1CNc1ccc(C(N)=O)cc1Cl. The van der Waals surface area contributed by atoms with Gasteiger partial charge in [-0.3, -0.25) is 4.79 Å². The second kappa shape index (κ2) is 6.41. The molecule has 5 heteroatoms. The molecule has 2 rings (SSSR count). The van der Waals surface area contributed by atoms with Crippen LogP contribution in [0.2, 0.25) is 5.02 Å². The Morgan fingerprint density at radius 3 is 2.45 bits per heavy atom. The number of benzene rings is 2. The first-order chi connectivity index (χ1) is 9.61. The molecule has 0 heterocycles. The molecule has 0 fully saturated rings. The monoisotopic (exact) mass is 289 g/mol. The van der Waals surface area contributed by atoms with Crippen molar-refractivity contribution < 1.29 is 4.79 Å². The van der Waals surface area contributed by atoms with Crippen LogP contribution in [-0.2, 0) is 13.1 Å². The van der Waals surface area contributed by atoms with Gasteiger partial charge in [0.05, 0.1) is 10.7 Å². The first-order valence-electron chi connectivity index (χ1n) is 6.22. The quantitative estimate of drug-likeness (QED) is 0.791. The van der Waals surface area contributed by atoms with Crippen molar-refractivity contribution in [2.24, 2.45) is 11.5 Å². The van der Waals surface area contributed by atoms with Crippen molar-refractivity contribution >= 4 is 23.2 Å². The predicted molar refractivity (Wildman–Crippen MR) is 81.6 cm³/mol. The van der Waals surface area contributed by atoms with Gasteiger partial charge in [-0.25, -0.2) is 0 Å². The highest BCUT2D eigenvalue weighted by Crippen LogP contribution is 2.24. The molecular weight excluding hydrogens is 274 g/mol. The van der Waals surface area contributed by atoms with Crippen molar-refractivity contribution in [1.29, 1.82) is 0 Å². The minimum Gasteiger partial charge on any atom is -0.380 e. The number of halogens is 1. The van der Waals surface area contributed by atoms with Crippen molar-refractivity contribution in [3.8, 4) is 0 Å². The number of hydrogen-bond donors (Lipinski definition) is 3. The van der Waals surface area contributed by atoms with E-state index in [1.165, 1.54) is 0 Å². The third kappa shape index (κ3) is 3.29. The molecule has 0 atom stereocenters. The number of primary amides is 1. The highest BCUT2D eigenvalue weighted by Gasteiger charge is 2.06. The van der Waals surface area contributed by atoms with E-state index in [-0.39, 0.29) is 0 Å². The number of rotatable bonds is 5. The molecule has 0 saturated heterocycles. The molecule has 0 aliphatic carbocycles. The van der Waals surface area contributed by atoms with E-state index in [9.17, 15) is 4.79 Å². The van der Waals surface area contributed by atoms with Gasteiger partial charge in [-0.05, 0) is 29.3 Å². The summed E-state index contributed by atoms with van der Waals surface area (Å²) in [7, 11) is 0. The van der Waals surface area contributed by atoms with Crippen LogP contribution in [0, 0.1) is 0 Å². The van der Waals surface area contributed by atoms with E-state index in [1.54, 1.807) is 18.2 Å². The van der Waals surface area contributed by atoms with Gasteiger partial charge in [0.2, 0.25) is 5.91 Å². The average molecular weight is 290 g/mol. The van der Waals surface area contributed by atoms with Crippen molar-refractivity contribution in [2.45, 2.75) is 13.1 Å². The van der Waals surface area contributed by atoms with Gasteiger partial charge in [-0.2, -0.15) is 0 Å². The summed E-state index contributed by atoms with van der Waals surface area (Å²) in [6.07, 6.45) is 0. The fourth-order valence-electron chi connectivity index (χ4n) is 1.93. The van der Waals surface area contributed by atoms with Crippen LogP contribution in [0.15, 0.2) is 42.5 Å². The highest BCUT2D eigenvalue weighted by atomic mass is 35.5. The smallest absolute Gasteiger partial charge is 0.248 e. The van der Waals surface area contributed by atoms with Crippen molar-refractivity contribution in [3.05, 3.63) is 64.2 Å². The highest BCUT2D eigenvalue weighted by molar-refractivity contribution is 6.33. The molecule has 1 amide bonds. The molecule has 20 heavy (non-hydrogen) atoms. The van der Waals surface area contributed by atoms with Crippen molar-refractivity contribution in [3.63, 3.8) is 0 Å². The molecule has 5 N–H and O–H groups in total. The number of carbonyl (C=O) groups is 1. The van der Waals surface area contributed by atoms with E-state index >= 15 is 0 Å². The maximum atomic E-state index is 11.1. The number of amides is 1. The lowest BCUT2D eigenvalue weighted by molar-refractivity contribution is 0.100. The van der Waals surface area contributed by atoms with Gasteiger partial charge in [0.15, 0.2) is 0 Å². The zero-order chi connectivity index (χ0) is 14.5. The number of nitrogens with two attached hydrogens (primary N) is 2. The van der Waals surface area contributed by atoms with Crippen molar-refractivity contribution in [1.82, 2.24) is 0 Å². The van der Waals surface area contributed by atoms with Gasteiger partial charge >= 0.3 is 0 Å². The minimum atomic E-state index is -0.494. The molecule has 0 aliphatic rings. The van der Waals surface area contributed by atoms with Crippen LogP contribution in [0.4, 0.5) is 5.69 Å². The summed E-state index contributed by atoms with van der Waals surface area (Å²) in [6.45, 7) is 1.11. The van der Waals surface area contributed by atoms with Gasteiger partial charge in [0, 0.05) is 18.7 Å². The lowest BCUT2D eigenvalue weighted by Crippen LogP contribution is -2.11. The van der Waals surface area contributed by atoms with E-state index in [0.717, 1.165) is 16.8 Å². The van der Waals surface area contributed by atoms with Gasteiger partial charge in [0.1, 0.15) is 0 Å². The lowest BCUT2D eigenvalue weighted by Gasteiger charge is -2.12. The largest absolute Gasteiger partial charge is 0.380 e. The summed E-state index contributed by atoms with van der Waals surface area (Å²) < 4.78 is 0. The fraction of sp³-hybridized carbons (Fsp3) is 0.133. The number of hydrogen-bond acceptors (Lipinski definition) is 3. The standard InChI is InChI=1S/C15H16ClN3O/c16-13-7-10(15(18)20)5-6-14(13)19-9-12-4-2-1-3-11(12)8-17/h1-7,19H,8-9,17H2,(H2,18,20). The number of nitrogens with one attached hydrogen (secondary N) is 1. The maximum absolute atomic E-state index is 11.1. The summed E-state index contributed by atoms with van der Waals surface area (Å²) in [5.41, 5.74) is 14.2. The summed E-state index contributed by atoms with van der Waals surface area (Å²) in [6, 6.07) is 12.9. The van der Waals surface area contributed by atoms with Gasteiger partial charge in [-0.1, -0.05) is 35.9 Å². The lowest BCUT2D eigenvalue weighted by atomic mass is 10.1. The molecule has 0 unspecified atom stereocenters. The second-order valence-corrected chi connectivity index (χ2v) is 4.79. The fourth-order valence-corrected chi connectivity index (χ4v) is 2.18. The molecule has 0 aromatic heterocycles. The zero-order valence-electron chi connectivity index (χ0n) is 10.9. The summed E-state index contributed by atoms with van der Waals surface area (Å²) in [5.74, 6) is -0.494. The van der Waals surface area contributed by atoms with Crippen LogP contribution < -0.4 is 16.8 Å². The van der Waals surface area contributed by atoms with Gasteiger partial charge < -0.3 is 16.8 Å². The van der Waals surface area contributed by atoms with Crippen LogP contribution >= 0.6 is 11.6 Å². The van der Waals surface area contributed by atoms with E-state index in [1.807, 2.05) is 24.3 Å². The second-order valence-electron chi connectivity index (χ2n) is 4.39. The molecular formula is C15H16ClN3O. The molecule has 104 valence electrons. The summed E-state index contributed by atoms with van der Waals surface area (Å²) in [5, 5.41) is 3.69. The van der Waals surface area contributed by atoms with Crippen LogP contribution in [-0.4, -0.2) is 5.91 Å². The molecule has 0 radical (unpaired) electrons. The Labute approximate surface area is 122 Å². The minimum absolute atomic E-state index is 0.392. The van der Waals surface area contributed by atoms with Gasteiger partial charge in [0.25, 0.3) is 0 Å². The molecule has 2 aromatic carbocycles. The van der Waals surface area contributed by atoms with Crippen LogP contribution in [0.5, 0.6) is 0 Å². The third-order valence-corrected chi connectivity index (χ3v) is 3.37. The Bertz CT molecular complexity index is 628. The summed E-state index contributed by atoms with van der Waals surface area (Å²) in [4.78, 5) is 11.1. The Kier molecular flexibility index (Phi) is 4.61. The Morgan fingerprint density at radius 2 is 1.85 bits per heavy atom. The average Bonchev–Trinajstić information content (AvgIpc) is 2.46. The third-order valence-electron chi connectivity index (χ3n) is 3.06. The maximum Gasteiger partial charge on any atom is 0.248 e. The molecule has 0 bridgehead atoms. The van der Waals surface area contributed by atoms with E-state index in [4.69, 9.17) is 23.1 Å². The molecule has 0 spiro atoms. The van der Waals surface area contributed by atoms with Crippen LogP contribution in [0.25, 0.3) is 0 Å². The predicted octanol–water partition coefficient (Wildman–Crippen LogP) is 2.51. The molecule has 0 aliphatic heterocycles. The van der Waals surface area contributed by atoms with Crippen molar-refractivity contribution in [2.75, 3.05) is 5.32 Å². The Hall–Kier alpha value is -2.04. The molecule has 2 aromatic rings. The normalized spacial score (nSPS) is 10.3. The topological polar surface area (TPSA) is 81.1 Å². The summed E-state index contributed by atoms with van der Waals surface area (Å²) >= 11 is 6.12. The Morgan fingerprint density at radius 1 is 1.15 bits per heavy atom. The first kappa shape index (κ1) is 14.4. The van der Waals surface area contributed by atoms with E-state index in [0.29, 0.717) is 23.7 Å². The molecule has 4 nitrogen and oxygen atoms in total. The Balaban J connectivity index is 2.13. The number of carbonyl (C=O) groups excluding carboxylic acids is 1. The van der Waals surface area contributed by atoms with E-state index in [2.05, 4.69) is 5.32 Å². The van der Waals surface area contributed by atoms with E-state index < -0.39 is 5.91 Å². The van der Waals surface area contributed by atoms with Gasteiger partial charge in [-0.15, -0.1) is 0 Å². The van der Waals surface area contributed by atoms with Crippen LogP contribution in [0.1, 0.15) is 21.5 Å². The zero-order valence-corrected chi connectivity index (χ0v) is 11.7.